The standard InChI is InChI=1S/C24H47NO3.Na/c1-4-6-7-8-9-10-11-12-13-14-15-16-17-18-19-20-22(26)25-23(24(27)28)21(3)5-2;/h21,23H,4-20H2,1-3H3,(H,25,26)(H,27,28);/q;+1/p-1/t21-,23-;/m0./s1. The number of nitrogens with one attached hydrogen (secondary N) is 1. The fourth-order valence-electron chi connectivity index (χ4n) is 3.57. The van der Waals surface area contributed by atoms with E-state index < -0.39 is 12.0 Å². The van der Waals surface area contributed by atoms with Crippen LogP contribution in [0, 0.1) is 5.92 Å². The summed E-state index contributed by atoms with van der Waals surface area (Å²) in [6, 6.07) is -0.867. The molecule has 2 atom stereocenters. The van der Waals surface area contributed by atoms with Gasteiger partial charge in [0.05, 0.1) is 12.0 Å². The molecule has 1 N–H and O–H groups in total. The molecule has 4 nitrogen and oxygen atoms in total. The molecule has 0 heterocycles. The second-order valence-electron chi connectivity index (χ2n) is 8.45. The summed E-state index contributed by atoms with van der Waals surface area (Å²) in [5, 5.41) is 13.7. The van der Waals surface area contributed by atoms with Crippen LogP contribution in [0.25, 0.3) is 0 Å². The summed E-state index contributed by atoms with van der Waals surface area (Å²) in [7, 11) is 0. The predicted molar refractivity (Wildman–Crippen MR) is 116 cm³/mol. The first kappa shape index (κ1) is 31.1. The van der Waals surface area contributed by atoms with Gasteiger partial charge in [-0.2, -0.15) is 0 Å². The van der Waals surface area contributed by atoms with Gasteiger partial charge >= 0.3 is 29.6 Å². The summed E-state index contributed by atoms with van der Waals surface area (Å²) in [5.41, 5.74) is 0. The fourth-order valence-corrected chi connectivity index (χ4v) is 3.57. The van der Waals surface area contributed by atoms with E-state index in [4.69, 9.17) is 0 Å². The summed E-state index contributed by atoms with van der Waals surface area (Å²) >= 11 is 0. The van der Waals surface area contributed by atoms with Crippen molar-refractivity contribution >= 4 is 11.9 Å². The molecule has 0 aliphatic rings. The number of hydrogen-bond donors (Lipinski definition) is 1. The van der Waals surface area contributed by atoms with Crippen molar-refractivity contribution in [1.82, 2.24) is 5.32 Å². The van der Waals surface area contributed by atoms with Crippen LogP contribution in [0.3, 0.4) is 0 Å². The number of unbranched alkanes of at least 4 members (excludes halogenated alkanes) is 14. The van der Waals surface area contributed by atoms with Crippen LogP contribution in [-0.2, 0) is 9.59 Å². The summed E-state index contributed by atoms with van der Waals surface area (Å²) in [6.07, 6.45) is 20.5. The molecule has 166 valence electrons. The molecule has 0 aromatic rings. The quantitative estimate of drug-likeness (QED) is 0.244. The van der Waals surface area contributed by atoms with Crippen molar-refractivity contribution in [2.75, 3.05) is 0 Å². The molecular formula is C24H46NNaO3. The number of aliphatic carboxylic acids is 1. The van der Waals surface area contributed by atoms with Crippen LogP contribution in [0.1, 0.15) is 130 Å². The third-order valence-corrected chi connectivity index (χ3v) is 5.79. The molecule has 0 radical (unpaired) electrons. The Bertz CT molecular complexity index is 390. The third-order valence-electron chi connectivity index (χ3n) is 5.79. The van der Waals surface area contributed by atoms with Gasteiger partial charge < -0.3 is 15.2 Å². The molecule has 0 fully saturated rings. The fraction of sp³-hybridized carbons (Fsp3) is 0.917. The molecule has 0 unspecified atom stereocenters. The summed E-state index contributed by atoms with van der Waals surface area (Å²) in [4.78, 5) is 23.0. The monoisotopic (exact) mass is 419 g/mol. The molecule has 0 saturated heterocycles. The maximum Gasteiger partial charge on any atom is 1.00 e. The van der Waals surface area contributed by atoms with Crippen LogP contribution in [0.5, 0.6) is 0 Å². The van der Waals surface area contributed by atoms with Gasteiger partial charge in [-0.3, -0.25) is 4.79 Å². The van der Waals surface area contributed by atoms with E-state index in [0.29, 0.717) is 12.8 Å². The molecule has 0 bridgehead atoms. The summed E-state index contributed by atoms with van der Waals surface area (Å²) in [6.45, 7) is 6.01. The topological polar surface area (TPSA) is 69.2 Å². The smallest absolute Gasteiger partial charge is 0.548 e. The Morgan fingerprint density at radius 2 is 1.10 bits per heavy atom. The van der Waals surface area contributed by atoms with Crippen LogP contribution in [-0.4, -0.2) is 17.9 Å². The van der Waals surface area contributed by atoms with E-state index >= 15 is 0 Å². The summed E-state index contributed by atoms with van der Waals surface area (Å²) < 4.78 is 0. The molecule has 0 aromatic heterocycles. The van der Waals surface area contributed by atoms with Gasteiger partial charge in [-0.15, -0.1) is 0 Å². The largest absolute Gasteiger partial charge is 1.00 e. The maximum atomic E-state index is 11.9. The van der Waals surface area contributed by atoms with Crippen LogP contribution in [0.2, 0.25) is 0 Å². The van der Waals surface area contributed by atoms with E-state index in [0.717, 1.165) is 12.8 Å². The van der Waals surface area contributed by atoms with Gasteiger partial charge in [0.1, 0.15) is 0 Å². The van der Waals surface area contributed by atoms with E-state index in [2.05, 4.69) is 12.2 Å². The van der Waals surface area contributed by atoms with Crippen LogP contribution >= 0.6 is 0 Å². The number of hydrogen-bond acceptors (Lipinski definition) is 3. The van der Waals surface area contributed by atoms with Crippen molar-refractivity contribution < 1.29 is 44.3 Å². The van der Waals surface area contributed by atoms with Crippen molar-refractivity contribution in [3.05, 3.63) is 0 Å². The molecule has 0 rings (SSSR count). The van der Waals surface area contributed by atoms with Crippen molar-refractivity contribution in [2.24, 2.45) is 5.92 Å². The van der Waals surface area contributed by atoms with E-state index in [-0.39, 0.29) is 41.4 Å². The van der Waals surface area contributed by atoms with E-state index in [1.54, 1.807) is 0 Å². The molecule has 0 aromatic carbocycles. The van der Waals surface area contributed by atoms with Gasteiger partial charge in [-0.25, -0.2) is 0 Å². The molecule has 0 spiro atoms. The molecule has 29 heavy (non-hydrogen) atoms. The van der Waals surface area contributed by atoms with Gasteiger partial charge in [0.2, 0.25) is 5.91 Å². The van der Waals surface area contributed by atoms with Gasteiger partial charge in [0, 0.05) is 6.42 Å². The normalized spacial score (nSPS) is 12.8. The van der Waals surface area contributed by atoms with Crippen LogP contribution in [0.4, 0.5) is 0 Å². The number of carbonyl (C=O) groups is 2. The number of carboxylic acids is 1. The van der Waals surface area contributed by atoms with Crippen LogP contribution < -0.4 is 40.0 Å². The number of carboxylic acid groups (broad SMARTS) is 1. The van der Waals surface area contributed by atoms with Gasteiger partial charge in [-0.05, 0) is 12.3 Å². The second-order valence-corrected chi connectivity index (χ2v) is 8.45. The van der Waals surface area contributed by atoms with Crippen molar-refractivity contribution in [3.8, 4) is 0 Å². The first-order chi connectivity index (χ1) is 13.5. The molecule has 0 aliphatic heterocycles. The minimum Gasteiger partial charge on any atom is -0.548 e. The predicted octanol–water partition coefficient (Wildman–Crippen LogP) is 2.53. The minimum atomic E-state index is -1.18. The first-order valence-electron chi connectivity index (χ1n) is 12.0. The Morgan fingerprint density at radius 3 is 1.45 bits per heavy atom. The third kappa shape index (κ3) is 19.6. The molecule has 1 amide bonds. The second kappa shape index (κ2) is 22.6. The molecule has 0 aliphatic carbocycles. The van der Waals surface area contributed by atoms with Crippen molar-refractivity contribution in [2.45, 2.75) is 136 Å². The Labute approximate surface area is 202 Å². The maximum absolute atomic E-state index is 11.9. The zero-order valence-electron chi connectivity index (χ0n) is 19.9. The first-order valence-corrected chi connectivity index (χ1v) is 12.0. The zero-order valence-corrected chi connectivity index (χ0v) is 21.9. The summed E-state index contributed by atoms with van der Waals surface area (Å²) in [5.74, 6) is -1.45. The number of carbonyl (C=O) groups excluding carboxylic acids is 2. The van der Waals surface area contributed by atoms with Gasteiger partial charge in [0.15, 0.2) is 0 Å². The van der Waals surface area contributed by atoms with Crippen molar-refractivity contribution in [3.63, 3.8) is 0 Å². The van der Waals surface area contributed by atoms with E-state index in [1.165, 1.54) is 83.5 Å². The molecule has 0 saturated carbocycles. The Balaban J connectivity index is 0. The van der Waals surface area contributed by atoms with E-state index in [1.807, 2.05) is 13.8 Å². The average molecular weight is 420 g/mol. The van der Waals surface area contributed by atoms with E-state index in [9.17, 15) is 14.7 Å². The Morgan fingerprint density at radius 1 is 0.724 bits per heavy atom. The van der Waals surface area contributed by atoms with Crippen molar-refractivity contribution in [1.29, 1.82) is 0 Å². The van der Waals surface area contributed by atoms with Gasteiger partial charge in [-0.1, -0.05) is 117 Å². The zero-order chi connectivity index (χ0) is 21.0. The minimum absolute atomic E-state index is 0. The average Bonchev–Trinajstić information content (AvgIpc) is 2.68. The SMILES string of the molecule is CCCCCCCCCCCCCCCCCC(=O)N[C@H](C(=O)[O-])[C@@H](C)CC.[Na+]. The Kier molecular flexibility index (Phi) is 24.3. The van der Waals surface area contributed by atoms with Crippen LogP contribution in [0.15, 0.2) is 0 Å². The number of amides is 1. The number of rotatable bonds is 20. The molecular weight excluding hydrogens is 373 g/mol. The van der Waals surface area contributed by atoms with Gasteiger partial charge in [0.25, 0.3) is 0 Å². The Hall–Kier alpha value is -0.0600. The molecule has 5 heteroatoms.